The predicted octanol–water partition coefficient (Wildman–Crippen LogP) is 1.11. The van der Waals surface area contributed by atoms with E-state index < -0.39 is 0 Å². The molecule has 1 aromatic carbocycles. The Labute approximate surface area is 115 Å². The van der Waals surface area contributed by atoms with Gasteiger partial charge in [-0.05, 0) is 17.7 Å². The van der Waals surface area contributed by atoms with Gasteiger partial charge in [-0.3, -0.25) is 4.79 Å². The highest BCUT2D eigenvalue weighted by molar-refractivity contribution is 6.00. The zero-order valence-corrected chi connectivity index (χ0v) is 11.1. The van der Waals surface area contributed by atoms with E-state index in [0.717, 1.165) is 16.9 Å². The minimum Gasteiger partial charge on any atom is -0.397 e. The van der Waals surface area contributed by atoms with E-state index in [4.69, 9.17) is 10.3 Å². The van der Waals surface area contributed by atoms with Crippen molar-refractivity contribution < 1.29 is 9.32 Å². The number of aromatic nitrogens is 2. The number of nitrogens with one attached hydrogen (secondary N) is 2. The fourth-order valence-corrected chi connectivity index (χ4v) is 2.20. The summed E-state index contributed by atoms with van der Waals surface area (Å²) in [6, 6.07) is 3.69. The number of benzene rings is 1. The summed E-state index contributed by atoms with van der Waals surface area (Å²) in [6.07, 6.45) is 1.03. The van der Waals surface area contributed by atoms with Crippen molar-refractivity contribution in [2.45, 2.75) is 19.8 Å². The SMILES string of the molecule is Cc1nc(CCNc2cc3c(cc2N)CC(=O)N3)no1. The van der Waals surface area contributed by atoms with E-state index in [1.54, 1.807) is 6.92 Å². The van der Waals surface area contributed by atoms with Crippen LogP contribution < -0.4 is 16.4 Å². The van der Waals surface area contributed by atoms with Crippen molar-refractivity contribution >= 4 is 23.0 Å². The van der Waals surface area contributed by atoms with Crippen LogP contribution in [0.1, 0.15) is 17.3 Å². The molecule has 20 heavy (non-hydrogen) atoms. The summed E-state index contributed by atoms with van der Waals surface area (Å²) in [7, 11) is 0. The highest BCUT2D eigenvalue weighted by atomic mass is 16.5. The van der Waals surface area contributed by atoms with Gasteiger partial charge >= 0.3 is 0 Å². The van der Waals surface area contributed by atoms with Crippen LogP contribution in [0.2, 0.25) is 0 Å². The van der Waals surface area contributed by atoms with E-state index in [1.165, 1.54) is 0 Å². The van der Waals surface area contributed by atoms with E-state index in [9.17, 15) is 4.79 Å². The number of amides is 1. The van der Waals surface area contributed by atoms with E-state index in [-0.39, 0.29) is 5.91 Å². The third kappa shape index (κ3) is 2.42. The maximum atomic E-state index is 11.3. The van der Waals surface area contributed by atoms with Crippen LogP contribution in [0, 0.1) is 6.92 Å². The van der Waals surface area contributed by atoms with Gasteiger partial charge < -0.3 is 20.9 Å². The lowest BCUT2D eigenvalue weighted by Crippen LogP contribution is -2.08. The van der Waals surface area contributed by atoms with Crippen LogP contribution in [0.25, 0.3) is 0 Å². The lowest BCUT2D eigenvalue weighted by atomic mass is 10.1. The Morgan fingerprint density at radius 2 is 2.35 bits per heavy atom. The van der Waals surface area contributed by atoms with Crippen molar-refractivity contribution in [3.8, 4) is 0 Å². The van der Waals surface area contributed by atoms with Gasteiger partial charge in [-0.1, -0.05) is 5.16 Å². The number of rotatable bonds is 4. The second-order valence-electron chi connectivity index (χ2n) is 4.73. The molecule has 1 amide bonds. The monoisotopic (exact) mass is 273 g/mol. The molecule has 3 rings (SSSR count). The molecule has 0 radical (unpaired) electrons. The van der Waals surface area contributed by atoms with Gasteiger partial charge in [-0.15, -0.1) is 0 Å². The lowest BCUT2D eigenvalue weighted by Gasteiger charge is -2.10. The molecule has 7 heteroatoms. The maximum Gasteiger partial charge on any atom is 0.228 e. The van der Waals surface area contributed by atoms with Gasteiger partial charge in [0.1, 0.15) is 0 Å². The topological polar surface area (TPSA) is 106 Å². The minimum atomic E-state index is -0.00109. The zero-order valence-electron chi connectivity index (χ0n) is 11.1. The van der Waals surface area contributed by atoms with Crippen LogP contribution in [-0.4, -0.2) is 22.6 Å². The maximum absolute atomic E-state index is 11.3. The lowest BCUT2D eigenvalue weighted by molar-refractivity contribution is -0.115. The van der Waals surface area contributed by atoms with Crippen molar-refractivity contribution in [3.05, 3.63) is 29.4 Å². The average Bonchev–Trinajstić information content (AvgIpc) is 2.95. The van der Waals surface area contributed by atoms with E-state index in [1.807, 2.05) is 12.1 Å². The smallest absolute Gasteiger partial charge is 0.228 e. The number of carbonyl (C=O) groups is 1. The number of nitrogens with two attached hydrogens (primary N) is 1. The van der Waals surface area contributed by atoms with Gasteiger partial charge in [-0.25, -0.2) is 0 Å². The fourth-order valence-electron chi connectivity index (χ4n) is 2.20. The summed E-state index contributed by atoms with van der Waals surface area (Å²) in [5, 5.41) is 9.84. The fraction of sp³-hybridized carbons (Fsp3) is 0.308. The normalized spacial score (nSPS) is 13.2. The van der Waals surface area contributed by atoms with Gasteiger partial charge in [0.05, 0.1) is 17.8 Å². The quantitative estimate of drug-likeness (QED) is 0.720. The number of fused-ring (bicyclic) bond motifs is 1. The molecule has 4 N–H and O–H groups in total. The van der Waals surface area contributed by atoms with E-state index >= 15 is 0 Å². The number of nitrogens with zero attached hydrogens (tertiary/aromatic N) is 2. The molecule has 2 aromatic rings. The molecule has 0 saturated heterocycles. The Kier molecular flexibility index (Phi) is 3.02. The van der Waals surface area contributed by atoms with Crippen molar-refractivity contribution in [1.82, 2.24) is 10.1 Å². The third-order valence-corrected chi connectivity index (χ3v) is 3.13. The van der Waals surface area contributed by atoms with Gasteiger partial charge in [0.25, 0.3) is 0 Å². The van der Waals surface area contributed by atoms with Crippen molar-refractivity contribution in [1.29, 1.82) is 0 Å². The molecule has 1 aromatic heterocycles. The van der Waals surface area contributed by atoms with Crippen LogP contribution in [-0.2, 0) is 17.6 Å². The highest BCUT2D eigenvalue weighted by Crippen LogP contribution is 2.31. The highest BCUT2D eigenvalue weighted by Gasteiger charge is 2.19. The Bertz CT molecular complexity index is 665. The van der Waals surface area contributed by atoms with Crippen LogP contribution in [0.3, 0.4) is 0 Å². The van der Waals surface area contributed by atoms with Gasteiger partial charge in [-0.2, -0.15) is 4.98 Å². The van der Waals surface area contributed by atoms with Gasteiger partial charge in [0, 0.05) is 25.6 Å². The summed E-state index contributed by atoms with van der Waals surface area (Å²) in [5.41, 5.74) is 9.16. The van der Waals surface area contributed by atoms with Crippen molar-refractivity contribution in [2.75, 3.05) is 22.9 Å². The summed E-state index contributed by atoms with van der Waals surface area (Å²) in [4.78, 5) is 15.5. The second-order valence-corrected chi connectivity index (χ2v) is 4.73. The summed E-state index contributed by atoms with van der Waals surface area (Å²) < 4.78 is 4.90. The molecular formula is C13H15N5O2. The number of hydrogen-bond donors (Lipinski definition) is 3. The molecule has 0 unspecified atom stereocenters. The van der Waals surface area contributed by atoms with Crippen molar-refractivity contribution in [3.63, 3.8) is 0 Å². The second kappa shape index (κ2) is 4.84. The molecule has 2 heterocycles. The zero-order chi connectivity index (χ0) is 14.1. The number of nitrogen functional groups attached to an aromatic ring is 1. The average molecular weight is 273 g/mol. The first-order valence-corrected chi connectivity index (χ1v) is 6.37. The summed E-state index contributed by atoms with van der Waals surface area (Å²) in [5.74, 6) is 1.21. The number of aryl methyl sites for hydroxylation is 1. The van der Waals surface area contributed by atoms with Crippen LogP contribution in [0.4, 0.5) is 17.1 Å². The summed E-state index contributed by atoms with van der Waals surface area (Å²) in [6.45, 7) is 2.39. The minimum absolute atomic E-state index is 0.00109. The Morgan fingerprint density at radius 1 is 1.50 bits per heavy atom. The molecule has 1 aliphatic heterocycles. The van der Waals surface area contributed by atoms with Gasteiger partial charge in [0.15, 0.2) is 5.82 Å². The molecule has 1 aliphatic rings. The molecule has 0 fully saturated rings. The first-order valence-electron chi connectivity index (χ1n) is 6.37. The first kappa shape index (κ1) is 12.5. The molecular weight excluding hydrogens is 258 g/mol. The largest absolute Gasteiger partial charge is 0.397 e. The summed E-state index contributed by atoms with van der Waals surface area (Å²) >= 11 is 0. The van der Waals surface area contributed by atoms with Gasteiger partial charge in [0.2, 0.25) is 11.8 Å². The Hall–Kier alpha value is -2.57. The van der Waals surface area contributed by atoms with Crippen molar-refractivity contribution in [2.24, 2.45) is 0 Å². The van der Waals surface area contributed by atoms with E-state index in [0.29, 0.717) is 36.8 Å². The molecule has 0 atom stereocenters. The Morgan fingerprint density at radius 3 is 3.10 bits per heavy atom. The van der Waals surface area contributed by atoms with E-state index in [2.05, 4.69) is 20.8 Å². The number of hydrogen-bond acceptors (Lipinski definition) is 6. The molecule has 0 spiro atoms. The Balaban J connectivity index is 1.66. The molecule has 0 aliphatic carbocycles. The predicted molar refractivity (Wildman–Crippen MR) is 74.4 cm³/mol. The molecule has 0 saturated carbocycles. The number of anilines is 3. The standard InChI is InChI=1S/C13H15N5O2/c1-7-16-12(18-20-7)2-3-15-11-6-10-8(4-9(11)14)5-13(19)17-10/h4,6,15H,2-3,5,14H2,1H3,(H,17,19). The molecule has 0 bridgehead atoms. The van der Waals surface area contributed by atoms with Crippen LogP contribution in [0.5, 0.6) is 0 Å². The molecule has 104 valence electrons. The number of carbonyl (C=O) groups excluding carboxylic acids is 1. The third-order valence-electron chi connectivity index (χ3n) is 3.13. The van der Waals surface area contributed by atoms with Crippen LogP contribution >= 0.6 is 0 Å². The first-order chi connectivity index (χ1) is 9.61. The molecule has 7 nitrogen and oxygen atoms in total. The van der Waals surface area contributed by atoms with Crippen LogP contribution in [0.15, 0.2) is 16.7 Å².